The molecule has 0 radical (unpaired) electrons. The number of benzene rings is 1. The van der Waals surface area contributed by atoms with Crippen LogP contribution in [0.4, 0.5) is 0 Å². The zero-order chi connectivity index (χ0) is 13.4. The summed E-state index contributed by atoms with van der Waals surface area (Å²) >= 11 is 6.31. The highest BCUT2D eigenvalue weighted by atomic mass is 35.5. The van der Waals surface area contributed by atoms with Crippen molar-refractivity contribution in [3.05, 3.63) is 29.0 Å². The second-order valence-electron chi connectivity index (χ2n) is 5.19. The maximum Gasteiger partial charge on any atom is 0.114 e. The molecule has 2 rings (SSSR count). The van der Waals surface area contributed by atoms with E-state index in [1.807, 2.05) is 25.1 Å². The van der Waals surface area contributed by atoms with Crippen molar-refractivity contribution in [1.29, 1.82) is 0 Å². The van der Waals surface area contributed by atoms with Crippen LogP contribution in [0.15, 0.2) is 18.2 Å². The topological polar surface area (TPSA) is 43.8 Å². The van der Waals surface area contributed by atoms with Crippen molar-refractivity contribution in [2.24, 2.45) is 5.73 Å². The molecule has 98 valence electrons. The highest BCUT2D eigenvalue weighted by Gasteiger charge is 2.22. The first-order chi connectivity index (χ1) is 8.43. The van der Waals surface area contributed by atoms with Crippen molar-refractivity contribution in [2.45, 2.75) is 45.7 Å². The van der Waals surface area contributed by atoms with Crippen LogP contribution in [0.3, 0.4) is 0 Å². The summed E-state index contributed by atoms with van der Waals surface area (Å²) in [6.07, 6.45) is 0. The number of imidazole rings is 1. The summed E-state index contributed by atoms with van der Waals surface area (Å²) in [5.74, 6) is 1.22. The van der Waals surface area contributed by atoms with Crippen LogP contribution in [0.25, 0.3) is 11.0 Å². The lowest BCUT2D eigenvalue weighted by Gasteiger charge is -2.20. The van der Waals surface area contributed by atoms with Crippen molar-refractivity contribution in [3.63, 3.8) is 0 Å². The zero-order valence-corrected chi connectivity index (χ0v) is 12.1. The Hall–Kier alpha value is -1.06. The molecule has 1 heterocycles. The lowest BCUT2D eigenvalue weighted by atomic mass is 10.0. The van der Waals surface area contributed by atoms with Gasteiger partial charge in [0.15, 0.2) is 0 Å². The largest absolute Gasteiger partial charge is 0.327 e. The molecule has 2 unspecified atom stereocenters. The molecule has 3 nitrogen and oxygen atoms in total. The van der Waals surface area contributed by atoms with E-state index in [0.29, 0.717) is 6.04 Å². The predicted molar refractivity (Wildman–Crippen MR) is 77.2 cm³/mol. The van der Waals surface area contributed by atoms with Gasteiger partial charge in [0.1, 0.15) is 5.82 Å². The van der Waals surface area contributed by atoms with Gasteiger partial charge in [-0.05, 0) is 32.9 Å². The van der Waals surface area contributed by atoms with Crippen molar-refractivity contribution >= 4 is 22.6 Å². The Kier molecular flexibility index (Phi) is 3.64. The molecule has 1 aromatic carbocycles. The van der Waals surface area contributed by atoms with Gasteiger partial charge in [0.25, 0.3) is 0 Å². The summed E-state index contributed by atoms with van der Waals surface area (Å²) in [5.41, 5.74) is 7.96. The van der Waals surface area contributed by atoms with E-state index in [-0.39, 0.29) is 12.0 Å². The molecule has 0 aliphatic rings. The fraction of sp³-hybridized carbons (Fsp3) is 0.500. The Balaban J connectivity index is 2.74. The second-order valence-corrected chi connectivity index (χ2v) is 5.60. The Bertz CT molecular complexity index is 557. The zero-order valence-electron chi connectivity index (χ0n) is 11.3. The van der Waals surface area contributed by atoms with Crippen LogP contribution in [0.2, 0.25) is 5.02 Å². The Morgan fingerprint density at radius 1 is 1.22 bits per heavy atom. The van der Waals surface area contributed by atoms with Crippen molar-refractivity contribution < 1.29 is 0 Å². The number of fused-ring (bicyclic) bond motifs is 1. The lowest BCUT2D eigenvalue weighted by Crippen LogP contribution is -2.25. The third-order valence-corrected chi connectivity index (χ3v) is 3.71. The van der Waals surface area contributed by atoms with Crippen LogP contribution >= 0.6 is 11.6 Å². The predicted octanol–water partition coefficient (Wildman–Crippen LogP) is 3.72. The molecule has 0 saturated heterocycles. The number of nitrogens with two attached hydrogens (primary N) is 1. The summed E-state index contributed by atoms with van der Waals surface area (Å²) in [6, 6.07) is 6.22. The number of rotatable bonds is 3. The van der Waals surface area contributed by atoms with Gasteiger partial charge < -0.3 is 10.3 Å². The van der Waals surface area contributed by atoms with Crippen LogP contribution in [0, 0.1) is 0 Å². The van der Waals surface area contributed by atoms with Gasteiger partial charge in [-0.3, -0.25) is 0 Å². The number of nitrogens with zero attached hydrogens (tertiary/aromatic N) is 2. The van der Waals surface area contributed by atoms with E-state index in [1.165, 1.54) is 0 Å². The van der Waals surface area contributed by atoms with Crippen LogP contribution in [-0.2, 0) is 0 Å². The molecule has 0 saturated carbocycles. The molecule has 2 atom stereocenters. The quantitative estimate of drug-likeness (QED) is 0.919. The Morgan fingerprint density at radius 3 is 2.44 bits per heavy atom. The van der Waals surface area contributed by atoms with E-state index in [0.717, 1.165) is 21.9 Å². The Labute approximate surface area is 113 Å². The van der Waals surface area contributed by atoms with Gasteiger partial charge in [-0.25, -0.2) is 4.98 Å². The average molecular weight is 266 g/mol. The molecule has 0 spiro atoms. The molecule has 18 heavy (non-hydrogen) atoms. The van der Waals surface area contributed by atoms with Gasteiger partial charge in [0.2, 0.25) is 0 Å². The van der Waals surface area contributed by atoms with E-state index >= 15 is 0 Å². The van der Waals surface area contributed by atoms with Crippen molar-refractivity contribution in [2.75, 3.05) is 0 Å². The van der Waals surface area contributed by atoms with Crippen molar-refractivity contribution in [1.82, 2.24) is 9.55 Å². The first kappa shape index (κ1) is 13.4. The molecule has 1 aromatic heterocycles. The van der Waals surface area contributed by atoms with E-state index in [1.54, 1.807) is 0 Å². The molecule has 0 amide bonds. The Morgan fingerprint density at radius 2 is 1.89 bits per heavy atom. The highest BCUT2D eigenvalue weighted by Crippen LogP contribution is 2.31. The molecule has 0 aliphatic heterocycles. The van der Waals surface area contributed by atoms with Crippen LogP contribution in [0.1, 0.15) is 45.5 Å². The van der Waals surface area contributed by atoms with E-state index in [2.05, 4.69) is 25.3 Å². The highest BCUT2D eigenvalue weighted by molar-refractivity contribution is 6.35. The minimum Gasteiger partial charge on any atom is -0.327 e. The lowest BCUT2D eigenvalue weighted by molar-refractivity contribution is 0.511. The molecule has 0 bridgehead atoms. The normalized spacial score (nSPS) is 15.3. The maximum absolute atomic E-state index is 6.31. The summed E-state index contributed by atoms with van der Waals surface area (Å²) < 4.78 is 2.20. The number of para-hydroxylation sites is 1. The second kappa shape index (κ2) is 4.90. The minimum atomic E-state index is 0.0677. The van der Waals surface area contributed by atoms with Gasteiger partial charge in [-0.1, -0.05) is 24.6 Å². The average Bonchev–Trinajstić information content (AvgIpc) is 2.68. The number of halogens is 1. The SMILES string of the molecule is CC(N)C(C)c1nc2cccc(Cl)c2n1C(C)C. The molecule has 0 aliphatic carbocycles. The number of aromatic nitrogens is 2. The molecule has 0 fully saturated rings. The summed E-state index contributed by atoms with van der Waals surface area (Å²) in [4.78, 5) is 4.71. The molecule has 2 aromatic rings. The molecule has 4 heteroatoms. The van der Waals surface area contributed by atoms with Gasteiger partial charge in [0, 0.05) is 18.0 Å². The molecule has 2 N–H and O–H groups in total. The van der Waals surface area contributed by atoms with Crippen LogP contribution < -0.4 is 5.73 Å². The van der Waals surface area contributed by atoms with Gasteiger partial charge in [0.05, 0.1) is 16.1 Å². The monoisotopic (exact) mass is 265 g/mol. The first-order valence-corrected chi connectivity index (χ1v) is 6.73. The van der Waals surface area contributed by atoms with E-state index < -0.39 is 0 Å². The minimum absolute atomic E-state index is 0.0677. The number of hydrogen-bond donors (Lipinski definition) is 1. The summed E-state index contributed by atoms with van der Waals surface area (Å²) in [5, 5.41) is 0.747. The smallest absolute Gasteiger partial charge is 0.114 e. The van der Waals surface area contributed by atoms with Crippen LogP contribution in [-0.4, -0.2) is 15.6 Å². The van der Waals surface area contributed by atoms with Gasteiger partial charge >= 0.3 is 0 Å². The number of hydrogen-bond acceptors (Lipinski definition) is 2. The van der Waals surface area contributed by atoms with E-state index in [4.69, 9.17) is 22.3 Å². The molecular formula is C14H20ClN3. The standard InChI is InChI=1S/C14H20ClN3/c1-8(2)18-13-11(15)6-5-7-12(13)17-14(18)9(3)10(4)16/h5-10H,16H2,1-4H3. The molecular weight excluding hydrogens is 246 g/mol. The maximum atomic E-state index is 6.31. The summed E-state index contributed by atoms with van der Waals surface area (Å²) in [7, 11) is 0. The first-order valence-electron chi connectivity index (χ1n) is 6.35. The fourth-order valence-electron chi connectivity index (χ4n) is 2.20. The van der Waals surface area contributed by atoms with Gasteiger partial charge in [-0.2, -0.15) is 0 Å². The third-order valence-electron chi connectivity index (χ3n) is 3.40. The summed E-state index contributed by atoms with van der Waals surface area (Å²) in [6.45, 7) is 8.40. The fourth-order valence-corrected chi connectivity index (χ4v) is 2.46. The van der Waals surface area contributed by atoms with Crippen LogP contribution in [0.5, 0.6) is 0 Å². The van der Waals surface area contributed by atoms with E-state index in [9.17, 15) is 0 Å². The van der Waals surface area contributed by atoms with Gasteiger partial charge in [-0.15, -0.1) is 0 Å². The van der Waals surface area contributed by atoms with Crippen molar-refractivity contribution in [3.8, 4) is 0 Å². The third kappa shape index (κ3) is 2.13.